The van der Waals surface area contributed by atoms with Crippen molar-refractivity contribution in [2.24, 2.45) is 0 Å². The molecule has 0 spiro atoms. The van der Waals surface area contributed by atoms with Crippen LogP contribution in [-0.4, -0.2) is 22.2 Å². The highest BCUT2D eigenvalue weighted by molar-refractivity contribution is 6.31. The predicted molar refractivity (Wildman–Crippen MR) is 138 cm³/mol. The Morgan fingerprint density at radius 1 is 0.973 bits per heavy atom. The van der Waals surface area contributed by atoms with Crippen LogP contribution in [0.2, 0.25) is 5.02 Å². The van der Waals surface area contributed by atoms with Crippen LogP contribution in [0.4, 0.5) is 0 Å². The molecule has 0 unspecified atom stereocenters. The number of hydrogen-bond donors (Lipinski definition) is 1. The van der Waals surface area contributed by atoms with Gasteiger partial charge in [-0.25, -0.2) is 0 Å². The molecule has 0 amide bonds. The van der Waals surface area contributed by atoms with Gasteiger partial charge in [-0.1, -0.05) is 71.4 Å². The summed E-state index contributed by atoms with van der Waals surface area (Å²) in [6.45, 7) is 3.91. The first-order valence-electron chi connectivity index (χ1n) is 11.7. The van der Waals surface area contributed by atoms with Crippen molar-refractivity contribution in [2.75, 3.05) is 0 Å². The van der Waals surface area contributed by atoms with E-state index in [1.54, 1.807) is 44.2 Å². The topological polar surface area (TPSA) is 98.9 Å². The molecule has 0 saturated carbocycles. The molecular formula is C29H26ClNO6. The van der Waals surface area contributed by atoms with E-state index in [-0.39, 0.29) is 12.8 Å². The molecule has 0 radical (unpaired) electrons. The largest absolute Gasteiger partial charge is 0.489 e. The monoisotopic (exact) mass is 519 g/mol. The SMILES string of the molecule is Cc1noc(-c2ccc(COc3ccc(CC(=O)O)cc3)cc2)c1CC(=O)O[C@H](C)c1ccccc1Cl. The smallest absolute Gasteiger partial charge is 0.311 e. The number of hydrogen-bond acceptors (Lipinski definition) is 6. The van der Waals surface area contributed by atoms with E-state index in [4.69, 9.17) is 30.7 Å². The normalized spacial score (nSPS) is 11.6. The van der Waals surface area contributed by atoms with Gasteiger partial charge in [-0.2, -0.15) is 0 Å². The van der Waals surface area contributed by atoms with E-state index in [1.165, 1.54) is 0 Å². The number of rotatable bonds is 10. The van der Waals surface area contributed by atoms with Gasteiger partial charge in [0.1, 0.15) is 18.5 Å². The second-order valence-corrected chi connectivity index (χ2v) is 9.01. The fourth-order valence-electron chi connectivity index (χ4n) is 3.87. The number of aromatic nitrogens is 1. The van der Waals surface area contributed by atoms with Crippen molar-refractivity contribution < 1.29 is 28.7 Å². The highest BCUT2D eigenvalue weighted by atomic mass is 35.5. The summed E-state index contributed by atoms with van der Waals surface area (Å²) in [6, 6.07) is 21.8. The van der Waals surface area contributed by atoms with Crippen LogP contribution < -0.4 is 4.74 Å². The summed E-state index contributed by atoms with van der Waals surface area (Å²) in [4.78, 5) is 23.5. The first-order chi connectivity index (χ1) is 17.8. The number of nitrogens with zero attached hydrogens (tertiary/aromatic N) is 1. The average Bonchev–Trinajstić information content (AvgIpc) is 3.23. The van der Waals surface area contributed by atoms with Gasteiger partial charge in [-0.15, -0.1) is 0 Å². The van der Waals surface area contributed by atoms with Gasteiger partial charge in [0.25, 0.3) is 0 Å². The second-order valence-electron chi connectivity index (χ2n) is 8.61. The Balaban J connectivity index is 1.38. The summed E-state index contributed by atoms with van der Waals surface area (Å²) in [5, 5.41) is 13.5. The maximum Gasteiger partial charge on any atom is 0.311 e. The third-order valence-corrected chi connectivity index (χ3v) is 6.20. The zero-order chi connectivity index (χ0) is 26.4. The van der Waals surface area contributed by atoms with Crippen LogP contribution in [0.1, 0.15) is 41.0 Å². The Bertz CT molecular complexity index is 1380. The first-order valence-corrected chi connectivity index (χ1v) is 12.1. The van der Waals surface area contributed by atoms with E-state index in [0.29, 0.717) is 40.0 Å². The lowest BCUT2D eigenvalue weighted by molar-refractivity contribution is -0.147. The minimum Gasteiger partial charge on any atom is -0.489 e. The fourth-order valence-corrected chi connectivity index (χ4v) is 4.16. The lowest BCUT2D eigenvalue weighted by Gasteiger charge is -2.15. The molecule has 0 fully saturated rings. The molecule has 1 heterocycles. The van der Waals surface area contributed by atoms with E-state index in [0.717, 1.165) is 16.7 Å². The molecule has 37 heavy (non-hydrogen) atoms. The van der Waals surface area contributed by atoms with Gasteiger partial charge in [0.15, 0.2) is 5.76 Å². The Kier molecular flexibility index (Phi) is 8.25. The van der Waals surface area contributed by atoms with E-state index in [2.05, 4.69) is 5.16 Å². The molecule has 0 aliphatic rings. The standard InChI is InChI=1S/C29H26ClNO6/c1-18-25(16-28(34)36-19(2)24-5-3-4-6-26(24)30)29(37-31-18)22-11-7-21(8-12-22)17-35-23-13-9-20(10-14-23)15-27(32)33/h3-14,19H,15-17H2,1-2H3,(H,32,33)/t19-/m1/s1. The number of carbonyl (C=O) groups excluding carboxylic acids is 1. The van der Waals surface area contributed by atoms with Crippen LogP contribution in [0.3, 0.4) is 0 Å². The molecular weight excluding hydrogens is 494 g/mol. The van der Waals surface area contributed by atoms with Gasteiger partial charge in [-0.05, 0) is 43.2 Å². The molecule has 4 rings (SSSR count). The molecule has 1 atom stereocenters. The van der Waals surface area contributed by atoms with Gasteiger partial charge in [0.2, 0.25) is 0 Å². The van der Waals surface area contributed by atoms with Crippen molar-refractivity contribution in [1.82, 2.24) is 5.16 Å². The first kappa shape index (κ1) is 26.0. The summed E-state index contributed by atoms with van der Waals surface area (Å²) in [6.07, 6.45) is -0.497. The Morgan fingerprint density at radius 3 is 2.32 bits per heavy atom. The van der Waals surface area contributed by atoms with Crippen LogP contribution in [0.25, 0.3) is 11.3 Å². The van der Waals surface area contributed by atoms with Crippen LogP contribution in [0.5, 0.6) is 5.75 Å². The van der Waals surface area contributed by atoms with Gasteiger partial charge >= 0.3 is 11.9 Å². The third kappa shape index (κ3) is 6.77. The van der Waals surface area contributed by atoms with Gasteiger partial charge in [0, 0.05) is 21.7 Å². The lowest BCUT2D eigenvalue weighted by atomic mass is 10.0. The summed E-state index contributed by atoms with van der Waals surface area (Å²) >= 11 is 6.22. The van der Waals surface area contributed by atoms with Gasteiger partial charge in [0.05, 0.1) is 18.5 Å². The highest BCUT2D eigenvalue weighted by Gasteiger charge is 2.21. The van der Waals surface area contributed by atoms with Crippen LogP contribution in [0, 0.1) is 6.92 Å². The van der Waals surface area contributed by atoms with Crippen molar-refractivity contribution in [3.05, 3.63) is 106 Å². The van der Waals surface area contributed by atoms with Gasteiger partial charge in [-0.3, -0.25) is 9.59 Å². The fraction of sp³-hybridized carbons (Fsp3) is 0.207. The minimum absolute atomic E-state index is 0.0161. The van der Waals surface area contributed by atoms with Crippen molar-refractivity contribution in [3.63, 3.8) is 0 Å². The lowest BCUT2D eigenvalue weighted by Crippen LogP contribution is -2.12. The molecule has 3 aromatic carbocycles. The summed E-state index contributed by atoms with van der Waals surface area (Å²) in [7, 11) is 0. The molecule has 1 N–H and O–H groups in total. The maximum absolute atomic E-state index is 12.7. The molecule has 8 heteroatoms. The highest BCUT2D eigenvalue weighted by Crippen LogP contribution is 2.29. The van der Waals surface area contributed by atoms with Crippen molar-refractivity contribution >= 4 is 23.5 Å². The number of aryl methyl sites for hydroxylation is 1. The third-order valence-electron chi connectivity index (χ3n) is 5.86. The summed E-state index contributed by atoms with van der Waals surface area (Å²) in [5.41, 5.74) is 4.46. The van der Waals surface area contributed by atoms with Crippen molar-refractivity contribution in [3.8, 4) is 17.1 Å². The molecule has 1 aromatic heterocycles. The molecule has 190 valence electrons. The summed E-state index contributed by atoms with van der Waals surface area (Å²) in [5.74, 6) is -0.112. The quantitative estimate of drug-likeness (QED) is 0.243. The number of carboxylic acids is 1. The predicted octanol–water partition coefficient (Wildman–Crippen LogP) is 6.36. The molecule has 0 aliphatic carbocycles. The van der Waals surface area contributed by atoms with E-state index >= 15 is 0 Å². The van der Waals surface area contributed by atoms with E-state index in [9.17, 15) is 9.59 Å². The Labute approximate surface area is 219 Å². The number of carbonyl (C=O) groups is 2. The second kappa shape index (κ2) is 11.8. The zero-order valence-electron chi connectivity index (χ0n) is 20.4. The minimum atomic E-state index is -0.873. The van der Waals surface area contributed by atoms with E-state index < -0.39 is 18.0 Å². The molecule has 0 aliphatic heterocycles. The van der Waals surface area contributed by atoms with E-state index in [1.807, 2.05) is 42.5 Å². The van der Waals surface area contributed by atoms with Gasteiger partial charge < -0.3 is 19.1 Å². The Morgan fingerprint density at radius 2 is 1.65 bits per heavy atom. The number of carboxylic acid groups (broad SMARTS) is 1. The average molecular weight is 520 g/mol. The molecule has 7 nitrogen and oxygen atoms in total. The molecule has 0 saturated heterocycles. The molecule has 0 bridgehead atoms. The number of halogens is 1. The molecule has 4 aromatic rings. The number of esters is 1. The Hall–Kier alpha value is -4.10. The van der Waals surface area contributed by atoms with Crippen LogP contribution >= 0.6 is 11.6 Å². The summed E-state index contributed by atoms with van der Waals surface area (Å²) < 4.78 is 17.0. The van der Waals surface area contributed by atoms with Crippen LogP contribution in [0.15, 0.2) is 77.3 Å². The van der Waals surface area contributed by atoms with Crippen LogP contribution in [-0.2, 0) is 33.8 Å². The number of aliphatic carboxylic acids is 1. The zero-order valence-corrected chi connectivity index (χ0v) is 21.2. The van der Waals surface area contributed by atoms with Crippen molar-refractivity contribution in [2.45, 2.75) is 39.4 Å². The number of ether oxygens (including phenoxy) is 2. The maximum atomic E-state index is 12.7. The number of benzene rings is 3. The van der Waals surface area contributed by atoms with Crippen molar-refractivity contribution in [1.29, 1.82) is 0 Å².